The molecular formula is C26H29N3O2. The maximum Gasteiger partial charge on any atom is 0.251 e. The van der Waals surface area contributed by atoms with E-state index in [2.05, 4.69) is 10.6 Å². The minimum Gasteiger partial charge on any atom is -0.351 e. The third kappa shape index (κ3) is 6.79. The molecule has 31 heavy (non-hydrogen) atoms. The Morgan fingerprint density at radius 2 is 1.45 bits per heavy atom. The van der Waals surface area contributed by atoms with Crippen LogP contribution in [0.5, 0.6) is 0 Å². The lowest BCUT2D eigenvalue weighted by Crippen LogP contribution is -2.31. The van der Waals surface area contributed by atoms with Crippen LogP contribution in [0, 0.1) is 0 Å². The van der Waals surface area contributed by atoms with E-state index >= 15 is 0 Å². The summed E-state index contributed by atoms with van der Waals surface area (Å²) in [6.45, 7) is 1.33. The Morgan fingerprint density at radius 1 is 0.839 bits per heavy atom. The van der Waals surface area contributed by atoms with Gasteiger partial charge in [0.1, 0.15) is 0 Å². The first-order valence-electron chi connectivity index (χ1n) is 10.5. The summed E-state index contributed by atoms with van der Waals surface area (Å²) in [4.78, 5) is 27.3. The second kappa shape index (κ2) is 11.1. The molecule has 0 aliphatic heterocycles. The number of carbonyl (C=O) groups excluding carboxylic acids is 2. The Balaban J connectivity index is 1.68. The predicted octanol–water partition coefficient (Wildman–Crippen LogP) is 4.14. The first-order valence-corrected chi connectivity index (χ1v) is 10.5. The highest BCUT2D eigenvalue weighted by Crippen LogP contribution is 2.28. The summed E-state index contributed by atoms with van der Waals surface area (Å²) in [5.74, 6) is -0.285. The van der Waals surface area contributed by atoms with Crippen LogP contribution in [0.3, 0.4) is 0 Å². The minimum atomic E-state index is -0.149. The fourth-order valence-corrected chi connectivity index (χ4v) is 3.43. The van der Waals surface area contributed by atoms with Crippen molar-refractivity contribution in [2.75, 3.05) is 32.5 Å². The number of benzene rings is 3. The van der Waals surface area contributed by atoms with E-state index in [0.29, 0.717) is 24.2 Å². The van der Waals surface area contributed by atoms with Gasteiger partial charge < -0.3 is 15.5 Å². The van der Waals surface area contributed by atoms with Crippen LogP contribution in [0.2, 0.25) is 0 Å². The number of rotatable bonds is 9. The highest BCUT2D eigenvalue weighted by atomic mass is 16.2. The Hall–Kier alpha value is -3.44. The maximum absolute atomic E-state index is 12.9. The van der Waals surface area contributed by atoms with Crippen molar-refractivity contribution in [3.63, 3.8) is 0 Å². The van der Waals surface area contributed by atoms with Gasteiger partial charge >= 0.3 is 0 Å². The summed E-state index contributed by atoms with van der Waals surface area (Å²) < 4.78 is 0. The van der Waals surface area contributed by atoms with Crippen LogP contribution < -0.4 is 10.6 Å². The van der Waals surface area contributed by atoms with Crippen LogP contribution in [0.25, 0.3) is 0 Å². The van der Waals surface area contributed by atoms with Crippen molar-refractivity contribution in [1.82, 2.24) is 10.2 Å². The molecule has 3 aromatic carbocycles. The molecule has 5 nitrogen and oxygen atoms in total. The smallest absolute Gasteiger partial charge is 0.251 e. The number of anilines is 1. The summed E-state index contributed by atoms with van der Waals surface area (Å²) in [7, 11) is 3.92. The third-order valence-corrected chi connectivity index (χ3v) is 5.05. The van der Waals surface area contributed by atoms with Crippen LogP contribution >= 0.6 is 0 Å². The molecule has 0 radical (unpaired) electrons. The summed E-state index contributed by atoms with van der Waals surface area (Å²) in [5.41, 5.74) is 3.33. The minimum absolute atomic E-state index is 0.0417. The number of hydrogen-bond acceptors (Lipinski definition) is 3. The zero-order chi connectivity index (χ0) is 22.1. The molecule has 3 aromatic rings. The molecule has 0 unspecified atom stereocenters. The molecule has 0 aliphatic rings. The van der Waals surface area contributed by atoms with Gasteiger partial charge in [0.05, 0.1) is 0 Å². The van der Waals surface area contributed by atoms with Gasteiger partial charge in [-0.05, 0) is 43.4 Å². The molecule has 3 rings (SSSR count). The van der Waals surface area contributed by atoms with E-state index in [4.69, 9.17) is 0 Å². The van der Waals surface area contributed by atoms with Gasteiger partial charge in [0.2, 0.25) is 5.91 Å². The van der Waals surface area contributed by atoms with Crippen molar-refractivity contribution in [3.8, 4) is 0 Å². The molecule has 0 heterocycles. The van der Waals surface area contributed by atoms with E-state index in [1.54, 1.807) is 24.3 Å². The Kier molecular flexibility index (Phi) is 7.96. The lowest BCUT2D eigenvalue weighted by atomic mass is 9.88. The number of amides is 2. The number of carbonyl (C=O) groups is 2. The van der Waals surface area contributed by atoms with E-state index in [0.717, 1.165) is 17.7 Å². The molecule has 0 bridgehead atoms. The van der Waals surface area contributed by atoms with Gasteiger partial charge in [0.15, 0.2) is 0 Å². The molecule has 2 amide bonds. The zero-order valence-corrected chi connectivity index (χ0v) is 18.0. The van der Waals surface area contributed by atoms with Gasteiger partial charge in [0, 0.05) is 36.7 Å². The normalized spacial score (nSPS) is 10.8. The van der Waals surface area contributed by atoms with Crippen molar-refractivity contribution in [3.05, 3.63) is 102 Å². The van der Waals surface area contributed by atoms with Gasteiger partial charge in [-0.25, -0.2) is 0 Å². The van der Waals surface area contributed by atoms with E-state index in [1.807, 2.05) is 79.7 Å². The lowest BCUT2D eigenvalue weighted by Gasteiger charge is -2.18. The topological polar surface area (TPSA) is 61.4 Å². The Morgan fingerprint density at radius 3 is 2.03 bits per heavy atom. The molecule has 0 saturated heterocycles. The monoisotopic (exact) mass is 415 g/mol. The summed E-state index contributed by atoms with van der Waals surface area (Å²) >= 11 is 0. The van der Waals surface area contributed by atoms with Crippen LogP contribution in [-0.4, -0.2) is 43.9 Å². The molecule has 2 N–H and O–H groups in total. The Labute approximate surface area is 184 Å². The molecule has 0 spiro atoms. The van der Waals surface area contributed by atoms with Crippen LogP contribution in [-0.2, 0) is 4.79 Å². The first-order chi connectivity index (χ1) is 15.0. The van der Waals surface area contributed by atoms with Crippen molar-refractivity contribution in [2.45, 2.75) is 12.3 Å². The van der Waals surface area contributed by atoms with Crippen molar-refractivity contribution in [2.24, 2.45) is 0 Å². The zero-order valence-electron chi connectivity index (χ0n) is 18.0. The average molecular weight is 416 g/mol. The highest BCUT2D eigenvalue weighted by molar-refractivity contribution is 5.97. The number of hydrogen-bond donors (Lipinski definition) is 2. The molecule has 160 valence electrons. The maximum atomic E-state index is 12.9. The molecule has 5 heteroatoms. The third-order valence-electron chi connectivity index (χ3n) is 5.05. The quantitative estimate of drug-likeness (QED) is 0.552. The molecule has 0 aromatic heterocycles. The highest BCUT2D eigenvalue weighted by Gasteiger charge is 2.18. The van der Waals surface area contributed by atoms with Crippen molar-refractivity contribution >= 4 is 17.5 Å². The van der Waals surface area contributed by atoms with Crippen molar-refractivity contribution < 1.29 is 9.59 Å². The van der Waals surface area contributed by atoms with Crippen LogP contribution in [0.1, 0.15) is 33.8 Å². The van der Waals surface area contributed by atoms with Gasteiger partial charge in [-0.15, -0.1) is 0 Å². The second-order valence-corrected chi connectivity index (χ2v) is 7.77. The molecular weight excluding hydrogens is 386 g/mol. The SMILES string of the molecule is CN(C)CCNC(=O)c1cccc(NC(=O)CC(c2ccccc2)c2ccccc2)c1. The molecule has 0 saturated carbocycles. The van der Waals surface area contributed by atoms with Gasteiger partial charge in [0.25, 0.3) is 5.91 Å². The number of likely N-dealkylation sites (N-methyl/N-ethyl adjacent to an activating group) is 1. The Bertz CT molecular complexity index is 948. The van der Waals surface area contributed by atoms with E-state index < -0.39 is 0 Å². The molecule has 0 fully saturated rings. The standard InChI is InChI=1S/C26H29N3O2/c1-29(2)17-16-27-26(31)22-14-9-15-23(18-22)28-25(30)19-24(20-10-5-3-6-11-20)21-12-7-4-8-13-21/h3-15,18,24H,16-17,19H2,1-2H3,(H,27,31)(H,28,30). The number of nitrogens with zero attached hydrogens (tertiary/aromatic N) is 1. The average Bonchev–Trinajstić information content (AvgIpc) is 2.78. The largest absolute Gasteiger partial charge is 0.351 e. The fraction of sp³-hybridized carbons (Fsp3) is 0.231. The van der Waals surface area contributed by atoms with E-state index in [9.17, 15) is 9.59 Å². The van der Waals surface area contributed by atoms with Crippen LogP contribution in [0.4, 0.5) is 5.69 Å². The van der Waals surface area contributed by atoms with Gasteiger partial charge in [-0.2, -0.15) is 0 Å². The van der Waals surface area contributed by atoms with Gasteiger partial charge in [-0.3, -0.25) is 9.59 Å². The second-order valence-electron chi connectivity index (χ2n) is 7.77. The number of nitrogens with one attached hydrogen (secondary N) is 2. The fourth-order valence-electron chi connectivity index (χ4n) is 3.43. The molecule has 0 atom stereocenters. The van der Waals surface area contributed by atoms with E-state index in [-0.39, 0.29) is 17.7 Å². The first kappa shape index (κ1) is 22.2. The van der Waals surface area contributed by atoms with Gasteiger partial charge in [-0.1, -0.05) is 66.7 Å². The van der Waals surface area contributed by atoms with Crippen LogP contribution in [0.15, 0.2) is 84.9 Å². The summed E-state index contributed by atoms with van der Waals surface area (Å²) in [5, 5.41) is 5.85. The lowest BCUT2D eigenvalue weighted by molar-refractivity contribution is -0.116. The van der Waals surface area contributed by atoms with E-state index in [1.165, 1.54) is 0 Å². The molecule has 0 aliphatic carbocycles. The van der Waals surface area contributed by atoms with Crippen molar-refractivity contribution in [1.29, 1.82) is 0 Å². The predicted molar refractivity (Wildman–Crippen MR) is 125 cm³/mol. The summed E-state index contributed by atoms with van der Waals surface area (Å²) in [6, 6.07) is 27.1. The summed E-state index contributed by atoms with van der Waals surface area (Å²) in [6.07, 6.45) is 0.313.